The van der Waals surface area contributed by atoms with Gasteiger partial charge in [0.15, 0.2) is 11.8 Å². The zero-order valence-electron chi connectivity index (χ0n) is 19.3. The van der Waals surface area contributed by atoms with Crippen molar-refractivity contribution >= 4 is 29.9 Å². The topological polar surface area (TPSA) is 70.4 Å². The van der Waals surface area contributed by atoms with Crippen LogP contribution in [0.1, 0.15) is 50.6 Å². The highest BCUT2D eigenvalue weighted by molar-refractivity contribution is 14.0. The molecule has 7 nitrogen and oxygen atoms in total. The van der Waals surface area contributed by atoms with Crippen LogP contribution in [-0.2, 0) is 6.54 Å². The van der Waals surface area contributed by atoms with Crippen LogP contribution in [0.25, 0.3) is 5.82 Å². The molecule has 0 aromatic carbocycles. The summed E-state index contributed by atoms with van der Waals surface area (Å²) in [6.07, 6.45) is 4.19. The molecule has 0 radical (unpaired) electrons. The summed E-state index contributed by atoms with van der Waals surface area (Å²) in [6.45, 7) is 14.7. The van der Waals surface area contributed by atoms with Crippen LogP contribution in [0.2, 0.25) is 0 Å². The highest BCUT2D eigenvalue weighted by Gasteiger charge is 2.08. The normalized spacial score (nSPS) is 12.6. The number of aliphatic imine (C=N–C) groups is 1. The number of nitrogens with one attached hydrogen (secondary N) is 2. The van der Waals surface area contributed by atoms with Crippen LogP contribution < -0.4 is 10.6 Å². The van der Waals surface area contributed by atoms with Gasteiger partial charge in [-0.15, -0.1) is 24.0 Å². The van der Waals surface area contributed by atoms with Crippen molar-refractivity contribution in [2.24, 2.45) is 4.99 Å². The van der Waals surface area contributed by atoms with Gasteiger partial charge in [-0.2, -0.15) is 5.10 Å². The van der Waals surface area contributed by atoms with Crippen molar-refractivity contribution in [3.63, 3.8) is 0 Å². The molecule has 0 saturated carbocycles. The standard InChI is InChI=1S/C22H37N7.HI/c1-7-28(8-2)13-9-10-17(3)26-22(23-6)25-16-20-11-12-21(24-15-20)29-19(5)14-18(4)27-29;/h11-12,14-15,17H,7-10,13,16H2,1-6H3,(H2,23,25,26);1H. The van der Waals surface area contributed by atoms with E-state index < -0.39 is 0 Å². The summed E-state index contributed by atoms with van der Waals surface area (Å²) in [5, 5.41) is 11.3. The van der Waals surface area contributed by atoms with Gasteiger partial charge in [0.2, 0.25) is 0 Å². The second kappa shape index (κ2) is 13.6. The second-order valence-electron chi connectivity index (χ2n) is 7.50. The first-order chi connectivity index (χ1) is 14.0. The van der Waals surface area contributed by atoms with Crippen molar-refractivity contribution in [3.8, 4) is 5.82 Å². The van der Waals surface area contributed by atoms with Crippen LogP contribution >= 0.6 is 24.0 Å². The number of aryl methyl sites for hydroxylation is 2. The fourth-order valence-corrected chi connectivity index (χ4v) is 3.35. The van der Waals surface area contributed by atoms with E-state index in [-0.39, 0.29) is 24.0 Å². The van der Waals surface area contributed by atoms with Gasteiger partial charge in [-0.1, -0.05) is 19.9 Å². The monoisotopic (exact) mass is 527 g/mol. The number of guanidine groups is 1. The summed E-state index contributed by atoms with van der Waals surface area (Å²) in [5.74, 6) is 1.66. The molecule has 2 heterocycles. The van der Waals surface area contributed by atoms with Crippen molar-refractivity contribution in [2.45, 2.75) is 60.0 Å². The fourth-order valence-electron chi connectivity index (χ4n) is 3.35. The van der Waals surface area contributed by atoms with Crippen LogP contribution in [0, 0.1) is 13.8 Å². The van der Waals surface area contributed by atoms with Gasteiger partial charge in [-0.3, -0.25) is 4.99 Å². The van der Waals surface area contributed by atoms with Gasteiger partial charge >= 0.3 is 0 Å². The van der Waals surface area contributed by atoms with E-state index in [9.17, 15) is 0 Å². The largest absolute Gasteiger partial charge is 0.354 e. The van der Waals surface area contributed by atoms with Crippen molar-refractivity contribution in [2.75, 3.05) is 26.7 Å². The molecule has 0 bridgehead atoms. The van der Waals surface area contributed by atoms with Crippen molar-refractivity contribution < 1.29 is 0 Å². The van der Waals surface area contributed by atoms with Gasteiger partial charge in [0.25, 0.3) is 0 Å². The van der Waals surface area contributed by atoms with Crippen LogP contribution in [-0.4, -0.2) is 58.3 Å². The minimum absolute atomic E-state index is 0. The summed E-state index contributed by atoms with van der Waals surface area (Å²) >= 11 is 0. The van der Waals surface area contributed by atoms with Gasteiger partial charge in [-0.05, 0) is 70.9 Å². The molecule has 2 aromatic heterocycles. The van der Waals surface area contributed by atoms with Gasteiger partial charge in [-0.25, -0.2) is 9.67 Å². The van der Waals surface area contributed by atoms with E-state index in [1.54, 1.807) is 0 Å². The molecule has 0 amide bonds. The molecule has 2 N–H and O–H groups in total. The highest BCUT2D eigenvalue weighted by Crippen LogP contribution is 2.10. The zero-order chi connectivity index (χ0) is 21.2. The average molecular weight is 527 g/mol. The Labute approximate surface area is 198 Å². The third-order valence-electron chi connectivity index (χ3n) is 5.11. The predicted octanol–water partition coefficient (Wildman–Crippen LogP) is 3.68. The molecule has 8 heteroatoms. The number of aromatic nitrogens is 3. The molecule has 1 unspecified atom stereocenters. The summed E-state index contributed by atoms with van der Waals surface area (Å²) in [6, 6.07) is 6.51. The van der Waals surface area contributed by atoms with Gasteiger partial charge in [0.1, 0.15) is 0 Å². The Balaban J connectivity index is 0.00000450. The number of hydrogen-bond acceptors (Lipinski definition) is 4. The first kappa shape index (κ1) is 26.4. The quantitative estimate of drug-likeness (QED) is 0.280. The maximum absolute atomic E-state index is 4.56. The molecule has 1 atom stereocenters. The SMILES string of the molecule is CCN(CC)CCCC(C)NC(=NC)NCc1ccc(-n2nc(C)cc2C)nc1.I. The molecule has 0 fully saturated rings. The summed E-state index contributed by atoms with van der Waals surface area (Å²) < 4.78 is 1.87. The third kappa shape index (κ3) is 8.22. The van der Waals surface area contributed by atoms with Crippen LogP contribution in [0.15, 0.2) is 29.4 Å². The molecule has 2 aromatic rings. The molecular formula is C22H38IN7. The number of pyridine rings is 1. The maximum atomic E-state index is 4.56. The molecule has 0 saturated heterocycles. The number of rotatable bonds is 10. The average Bonchev–Trinajstić information content (AvgIpc) is 3.06. The van der Waals surface area contributed by atoms with Crippen molar-refractivity contribution in [1.29, 1.82) is 0 Å². The van der Waals surface area contributed by atoms with Crippen LogP contribution in [0.3, 0.4) is 0 Å². The minimum atomic E-state index is 0. The van der Waals surface area contributed by atoms with Gasteiger partial charge in [0, 0.05) is 31.5 Å². The lowest BCUT2D eigenvalue weighted by atomic mass is 10.2. The van der Waals surface area contributed by atoms with Crippen LogP contribution in [0.4, 0.5) is 0 Å². The third-order valence-corrected chi connectivity index (χ3v) is 5.11. The predicted molar refractivity (Wildman–Crippen MR) is 136 cm³/mol. The molecule has 0 aliphatic rings. The Morgan fingerprint density at radius 3 is 2.50 bits per heavy atom. The lowest BCUT2D eigenvalue weighted by Crippen LogP contribution is -2.42. The molecule has 0 aliphatic heterocycles. The Hall–Kier alpha value is -1.68. The number of hydrogen-bond donors (Lipinski definition) is 2. The molecule has 168 valence electrons. The molecule has 0 spiro atoms. The summed E-state index contributed by atoms with van der Waals surface area (Å²) in [5.41, 5.74) is 3.18. The van der Waals surface area contributed by atoms with Crippen molar-refractivity contribution in [1.82, 2.24) is 30.3 Å². The van der Waals surface area contributed by atoms with E-state index in [1.165, 1.54) is 6.42 Å². The van der Waals surface area contributed by atoms with E-state index in [0.717, 1.165) is 54.8 Å². The van der Waals surface area contributed by atoms with E-state index in [4.69, 9.17) is 0 Å². The summed E-state index contributed by atoms with van der Waals surface area (Å²) in [4.78, 5) is 11.4. The molecular weight excluding hydrogens is 489 g/mol. The van der Waals surface area contributed by atoms with E-state index in [1.807, 2.05) is 37.8 Å². The number of nitrogens with zero attached hydrogens (tertiary/aromatic N) is 5. The Morgan fingerprint density at radius 1 is 1.23 bits per heavy atom. The van der Waals surface area contributed by atoms with Crippen LogP contribution in [0.5, 0.6) is 0 Å². The first-order valence-corrected chi connectivity index (χ1v) is 10.6. The van der Waals surface area contributed by atoms with E-state index in [0.29, 0.717) is 12.6 Å². The first-order valence-electron chi connectivity index (χ1n) is 10.6. The fraction of sp³-hybridized carbons (Fsp3) is 0.591. The lowest BCUT2D eigenvalue weighted by Gasteiger charge is -2.21. The maximum Gasteiger partial charge on any atom is 0.191 e. The molecule has 2 rings (SSSR count). The van der Waals surface area contributed by atoms with Crippen molar-refractivity contribution in [3.05, 3.63) is 41.3 Å². The number of halogens is 1. The molecule has 30 heavy (non-hydrogen) atoms. The van der Waals surface area contributed by atoms with Gasteiger partial charge < -0.3 is 15.5 Å². The molecule has 0 aliphatic carbocycles. The second-order valence-corrected chi connectivity index (χ2v) is 7.50. The Bertz CT molecular complexity index is 766. The Kier molecular flexibility index (Phi) is 11.9. The van der Waals surface area contributed by atoms with E-state index in [2.05, 4.69) is 63.5 Å². The highest BCUT2D eigenvalue weighted by atomic mass is 127. The van der Waals surface area contributed by atoms with E-state index >= 15 is 0 Å². The Morgan fingerprint density at radius 2 is 1.97 bits per heavy atom. The minimum Gasteiger partial charge on any atom is -0.354 e. The zero-order valence-corrected chi connectivity index (χ0v) is 21.6. The smallest absolute Gasteiger partial charge is 0.191 e. The van der Waals surface area contributed by atoms with Gasteiger partial charge in [0.05, 0.1) is 5.69 Å². The summed E-state index contributed by atoms with van der Waals surface area (Å²) in [7, 11) is 1.81. The lowest BCUT2D eigenvalue weighted by molar-refractivity contribution is 0.292.